The molecule has 3 nitrogen and oxygen atoms in total. The van der Waals surface area contributed by atoms with Crippen molar-refractivity contribution >= 4 is 33.6 Å². The zero-order valence-electron chi connectivity index (χ0n) is 10.5. The van der Waals surface area contributed by atoms with Crippen LogP contribution < -0.4 is 0 Å². The van der Waals surface area contributed by atoms with Gasteiger partial charge in [0.2, 0.25) is 0 Å². The lowest BCUT2D eigenvalue weighted by atomic mass is 10.1. The summed E-state index contributed by atoms with van der Waals surface area (Å²) in [5.74, 6) is 0. The Kier molecular flexibility index (Phi) is 2.86. The molecule has 0 bridgehead atoms. The molecule has 0 saturated carbocycles. The number of thiazole rings is 1. The SMILES string of the molecule is c1csc(Cc2[nH]nc3ccc(-c4ccsc4)cc23)n1. The van der Waals surface area contributed by atoms with Crippen molar-refractivity contribution < 1.29 is 0 Å². The van der Waals surface area contributed by atoms with Gasteiger partial charge in [-0.25, -0.2) is 4.98 Å². The molecule has 1 N–H and O–H groups in total. The summed E-state index contributed by atoms with van der Waals surface area (Å²) in [7, 11) is 0. The first kappa shape index (κ1) is 11.8. The number of nitrogens with one attached hydrogen (secondary N) is 1. The number of H-pyrrole nitrogens is 1. The van der Waals surface area contributed by atoms with E-state index in [9.17, 15) is 0 Å². The fourth-order valence-corrected chi connectivity index (χ4v) is 3.59. The van der Waals surface area contributed by atoms with E-state index in [1.807, 2.05) is 11.6 Å². The lowest BCUT2D eigenvalue weighted by Gasteiger charge is -1.99. The quantitative estimate of drug-likeness (QED) is 0.611. The number of benzene rings is 1. The van der Waals surface area contributed by atoms with Crippen LogP contribution in [0.15, 0.2) is 46.6 Å². The zero-order chi connectivity index (χ0) is 13.4. The van der Waals surface area contributed by atoms with Gasteiger partial charge in [-0.1, -0.05) is 6.07 Å². The minimum atomic E-state index is 0.807. The summed E-state index contributed by atoms with van der Waals surface area (Å²) < 4.78 is 0. The molecule has 0 fully saturated rings. The molecule has 98 valence electrons. The van der Waals surface area contributed by atoms with Crippen molar-refractivity contribution in [2.45, 2.75) is 6.42 Å². The van der Waals surface area contributed by atoms with E-state index >= 15 is 0 Å². The molecular weight excluding hydrogens is 286 g/mol. The van der Waals surface area contributed by atoms with Gasteiger partial charge in [0.1, 0.15) is 0 Å². The smallest absolute Gasteiger partial charge is 0.0984 e. The van der Waals surface area contributed by atoms with E-state index in [4.69, 9.17) is 0 Å². The maximum absolute atomic E-state index is 4.38. The number of aromatic nitrogens is 3. The van der Waals surface area contributed by atoms with E-state index < -0.39 is 0 Å². The van der Waals surface area contributed by atoms with Gasteiger partial charge >= 0.3 is 0 Å². The standard InChI is InChI=1S/C15H11N3S2/c1-2-13-12(7-10(1)11-3-5-19-9-11)14(18-17-13)8-15-16-4-6-20-15/h1-7,9H,8H2,(H,17,18). The number of fused-ring (bicyclic) bond motifs is 1. The Morgan fingerprint density at radius 3 is 2.90 bits per heavy atom. The van der Waals surface area contributed by atoms with Crippen molar-refractivity contribution in [1.82, 2.24) is 15.2 Å². The van der Waals surface area contributed by atoms with Gasteiger partial charge in [-0.05, 0) is 40.1 Å². The fraction of sp³-hybridized carbons (Fsp3) is 0.0667. The van der Waals surface area contributed by atoms with E-state index in [1.54, 1.807) is 22.7 Å². The molecule has 4 rings (SSSR count). The highest BCUT2D eigenvalue weighted by Gasteiger charge is 2.09. The first-order valence-corrected chi connectivity index (χ1v) is 8.10. The molecule has 0 amide bonds. The largest absolute Gasteiger partial charge is 0.281 e. The minimum Gasteiger partial charge on any atom is -0.281 e. The number of thiophene rings is 1. The Morgan fingerprint density at radius 1 is 1.10 bits per heavy atom. The number of hydrogen-bond donors (Lipinski definition) is 1. The van der Waals surface area contributed by atoms with Gasteiger partial charge < -0.3 is 0 Å². The van der Waals surface area contributed by atoms with Crippen LogP contribution in [0, 0.1) is 0 Å². The second-order valence-corrected chi connectivity index (χ2v) is 6.31. The molecule has 0 unspecified atom stereocenters. The summed E-state index contributed by atoms with van der Waals surface area (Å²) >= 11 is 3.39. The molecule has 0 spiro atoms. The predicted octanol–water partition coefficient (Wildman–Crippen LogP) is 4.34. The van der Waals surface area contributed by atoms with E-state index in [-0.39, 0.29) is 0 Å². The average Bonchev–Trinajstić information content (AvgIpc) is 3.20. The van der Waals surface area contributed by atoms with Crippen LogP contribution in [0.4, 0.5) is 0 Å². The van der Waals surface area contributed by atoms with Crippen molar-refractivity contribution in [3.8, 4) is 11.1 Å². The van der Waals surface area contributed by atoms with Crippen molar-refractivity contribution in [1.29, 1.82) is 0 Å². The molecule has 4 aromatic rings. The van der Waals surface area contributed by atoms with Crippen LogP contribution in [0.2, 0.25) is 0 Å². The molecule has 1 aromatic carbocycles. The maximum Gasteiger partial charge on any atom is 0.0984 e. The highest BCUT2D eigenvalue weighted by Crippen LogP contribution is 2.27. The molecular formula is C15H11N3S2. The topological polar surface area (TPSA) is 41.6 Å². The Balaban J connectivity index is 1.80. The first-order valence-electron chi connectivity index (χ1n) is 6.28. The van der Waals surface area contributed by atoms with Crippen LogP contribution in [-0.2, 0) is 6.42 Å². The number of hydrogen-bond acceptors (Lipinski definition) is 4. The van der Waals surface area contributed by atoms with E-state index in [0.717, 1.165) is 22.6 Å². The van der Waals surface area contributed by atoms with Crippen LogP contribution in [0.5, 0.6) is 0 Å². The van der Waals surface area contributed by atoms with Gasteiger partial charge in [-0.3, -0.25) is 5.10 Å². The molecule has 5 heteroatoms. The minimum absolute atomic E-state index is 0.807. The second-order valence-electron chi connectivity index (χ2n) is 4.55. The Bertz CT molecular complexity index is 829. The predicted molar refractivity (Wildman–Crippen MR) is 84.3 cm³/mol. The van der Waals surface area contributed by atoms with Crippen molar-refractivity contribution in [3.63, 3.8) is 0 Å². The summed E-state index contributed by atoms with van der Waals surface area (Å²) in [6, 6.07) is 8.55. The average molecular weight is 297 g/mol. The van der Waals surface area contributed by atoms with E-state index in [1.165, 1.54) is 16.5 Å². The van der Waals surface area contributed by atoms with Crippen LogP contribution in [0.3, 0.4) is 0 Å². The Labute approximate surface area is 123 Å². The highest BCUT2D eigenvalue weighted by atomic mass is 32.1. The molecule has 0 saturated heterocycles. The lowest BCUT2D eigenvalue weighted by Crippen LogP contribution is -1.88. The third-order valence-electron chi connectivity index (χ3n) is 3.30. The van der Waals surface area contributed by atoms with Gasteiger partial charge in [0.25, 0.3) is 0 Å². The third kappa shape index (κ3) is 2.05. The van der Waals surface area contributed by atoms with Gasteiger partial charge in [0.15, 0.2) is 0 Å². The Morgan fingerprint density at radius 2 is 2.10 bits per heavy atom. The van der Waals surface area contributed by atoms with Gasteiger partial charge in [-0.2, -0.15) is 16.4 Å². The number of aromatic amines is 1. The molecule has 20 heavy (non-hydrogen) atoms. The van der Waals surface area contributed by atoms with Gasteiger partial charge in [0.05, 0.1) is 10.5 Å². The van der Waals surface area contributed by atoms with E-state index in [0.29, 0.717) is 0 Å². The monoisotopic (exact) mass is 297 g/mol. The molecule has 0 atom stereocenters. The van der Waals surface area contributed by atoms with Crippen LogP contribution >= 0.6 is 22.7 Å². The van der Waals surface area contributed by atoms with E-state index in [2.05, 4.69) is 50.2 Å². The summed E-state index contributed by atoms with van der Waals surface area (Å²) in [5, 5.41) is 16.1. The molecule has 0 radical (unpaired) electrons. The van der Waals surface area contributed by atoms with Crippen LogP contribution in [0.1, 0.15) is 10.7 Å². The Hall–Kier alpha value is -1.98. The van der Waals surface area contributed by atoms with Crippen LogP contribution in [0.25, 0.3) is 22.0 Å². The summed E-state index contributed by atoms with van der Waals surface area (Å²) in [4.78, 5) is 4.34. The van der Waals surface area contributed by atoms with Crippen LogP contribution in [-0.4, -0.2) is 15.2 Å². The van der Waals surface area contributed by atoms with Gasteiger partial charge in [-0.15, -0.1) is 11.3 Å². The lowest BCUT2D eigenvalue weighted by molar-refractivity contribution is 1.00. The maximum atomic E-state index is 4.38. The highest BCUT2D eigenvalue weighted by molar-refractivity contribution is 7.09. The molecule has 3 aromatic heterocycles. The normalized spacial score (nSPS) is 11.2. The number of rotatable bonds is 3. The second kappa shape index (κ2) is 4.85. The molecule has 0 aliphatic carbocycles. The molecule has 0 aliphatic heterocycles. The number of nitrogens with zero attached hydrogens (tertiary/aromatic N) is 2. The zero-order valence-corrected chi connectivity index (χ0v) is 12.2. The molecule has 3 heterocycles. The molecule has 0 aliphatic rings. The van der Waals surface area contributed by atoms with Crippen molar-refractivity contribution in [2.24, 2.45) is 0 Å². The summed E-state index contributed by atoms with van der Waals surface area (Å²) in [6.07, 6.45) is 2.65. The summed E-state index contributed by atoms with van der Waals surface area (Å²) in [5.41, 5.74) is 4.64. The van der Waals surface area contributed by atoms with Gasteiger partial charge in [0, 0.05) is 29.1 Å². The van der Waals surface area contributed by atoms with Crippen molar-refractivity contribution in [3.05, 3.63) is 57.3 Å². The third-order valence-corrected chi connectivity index (χ3v) is 4.76. The van der Waals surface area contributed by atoms with Crippen molar-refractivity contribution in [2.75, 3.05) is 0 Å². The summed E-state index contributed by atoms with van der Waals surface area (Å²) in [6.45, 7) is 0. The first-order chi connectivity index (χ1) is 9.90. The fourth-order valence-electron chi connectivity index (χ4n) is 2.30.